The van der Waals surface area contributed by atoms with Crippen LogP contribution in [0.2, 0.25) is 0 Å². The van der Waals surface area contributed by atoms with Crippen molar-refractivity contribution in [2.45, 2.75) is 50.8 Å². The summed E-state index contributed by atoms with van der Waals surface area (Å²) in [6.07, 6.45) is 0.902. The summed E-state index contributed by atoms with van der Waals surface area (Å²) in [6, 6.07) is 4.82. The van der Waals surface area contributed by atoms with Gasteiger partial charge in [-0.15, -0.1) is 4.72 Å². The van der Waals surface area contributed by atoms with Gasteiger partial charge in [0, 0.05) is 29.9 Å². The quantitative estimate of drug-likeness (QED) is 0.786. The lowest BCUT2D eigenvalue weighted by Gasteiger charge is -2.43. The first-order chi connectivity index (χ1) is 11.6. The van der Waals surface area contributed by atoms with Gasteiger partial charge in [-0.1, -0.05) is 12.1 Å². The van der Waals surface area contributed by atoms with Crippen LogP contribution in [0.4, 0.5) is 9.18 Å². The number of halogens is 1. The van der Waals surface area contributed by atoms with Gasteiger partial charge in [0.2, 0.25) is 0 Å². The van der Waals surface area contributed by atoms with Crippen LogP contribution >= 0.6 is 0 Å². The molecule has 3 rings (SSSR count). The van der Waals surface area contributed by atoms with E-state index in [2.05, 4.69) is 4.72 Å². The van der Waals surface area contributed by atoms with Crippen LogP contribution in [0, 0.1) is 11.2 Å². The number of nitrogens with zero attached hydrogens (tertiary/aromatic N) is 1. The molecule has 0 unspecified atom stereocenters. The van der Waals surface area contributed by atoms with Gasteiger partial charge < -0.3 is 14.6 Å². The number of likely N-dealkylation sites (tertiary alicyclic amines) is 1. The minimum absolute atomic E-state index is 0.228. The van der Waals surface area contributed by atoms with Gasteiger partial charge in [0.05, 0.1) is 6.04 Å². The zero-order valence-electron chi connectivity index (χ0n) is 14.8. The van der Waals surface area contributed by atoms with Gasteiger partial charge in [-0.3, -0.25) is 0 Å². The van der Waals surface area contributed by atoms with E-state index in [1.165, 1.54) is 11.0 Å². The smallest absolute Gasteiger partial charge is 0.407 e. The number of carbonyl (C=O) groups is 1. The third-order valence-electron chi connectivity index (χ3n) is 5.42. The fourth-order valence-corrected chi connectivity index (χ4v) is 4.84. The summed E-state index contributed by atoms with van der Waals surface area (Å²) in [6.45, 7) is 6.54. The first-order valence-electron chi connectivity index (χ1n) is 8.57. The average Bonchev–Trinajstić information content (AvgIpc) is 2.82. The molecule has 5 nitrogen and oxygen atoms in total. The lowest BCUT2D eigenvalue weighted by molar-refractivity contribution is 0.0762. The fraction of sp³-hybridized carbons (Fsp3) is 0.611. The van der Waals surface area contributed by atoms with E-state index in [4.69, 9.17) is 0 Å². The van der Waals surface area contributed by atoms with Gasteiger partial charge in [-0.25, -0.2) is 9.18 Å². The molecule has 0 radical (unpaired) electrons. The molecule has 1 heterocycles. The molecule has 1 fully saturated rings. The molecule has 2 aliphatic rings. The van der Waals surface area contributed by atoms with Crippen molar-refractivity contribution in [3.05, 3.63) is 35.1 Å². The number of hydrogen-bond acceptors (Lipinski definition) is 3. The number of benzene rings is 1. The van der Waals surface area contributed by atoms with Crippen LogP contribution in [0.3, 0.4) is 0 Å². The van der Waals surface area contributed by atoms with Crippen molar-refractivity contribution < 1.29 is 18.8 Å². The molecule has 138 valence electrons. The lowest BCUT2D eigenvalue weighted by Crippen LogP contribution is -2.50. The van der Waals surface area contributed by atoms with Crippen LogP contribution < -0.4 is 4.72 Å². The Morgan fingerprint density at radius 2 is 2.04 bits per heavy atom. The van der Waals surface area contributed by atoms with Gasteiger partial charge in [-0.2, -0.15) is 0 Å². The Bertz CT molecular complexity index is 669. The molecule has 1 aliphatic carbocycles. The highest BCUT2D eigenvalue weighted by Crippen LogP contribution is 2.53. The van der Waals surface area contributed by atoms with Gasteiger partial charge >= 0.3 is 6.09 Å². The van der Waals surface area contributed by atoms with Crippen molar-refractivity contribution in [3.8, 4) is 0 Å². The number of rotatable bonds is 2. The maximum absolute atomic E-state index is 14.4. The highest BCUT2D eigenvalue weighted by atomic mass is 32.2. The van der Waals surface area contributed by atoms with Crippen molar-refractivity contribution in [2.24, 2.45) is 5.41 Å². The number of nitrogens with one attached hydrogen (secondary N) is 1. The molecule has 25 heavy (non-hydrogen) atoms. The third-order valence-corrected chi connectivity index (χ3v) is 6.98. The Labute approximate surface area is 150 Å². The SMILES string of the molecule is CC(C)(C)[S@+]([O-])N[C@H]1c2cccc(F)c2CC12CCN(C(=O)O)CC2. The molecule has 1 amide bonds. The Balaban J connectivity index is 1.92. The van der Waals surface area contributed by atoms with Crippen molar-refractivity contribution in [2.75, 3.05) is 13.1 Å². The van der Waals surface area contributed by atoms with Gasteiger partial charge in [-0.05, 0) is 57.2 Å². The van der Waals surface area contributed by atoms with E-state index >= 15 is 0 Å². The van der Waals surface area contributed by atoms with Crippen LogP contribution in [0.15, 0.2) is 18.2 Å². The minimum Gasteiger partial charge on any atom is -0.598 e. The summed E-state index contributed by atoms with van der Waals surface area (Å²) in [5.41, 5.74) is 1.24. The van der Waals surface area contributed by atoms with Crippen molar-refractivity contribution in [3.63, 3.8) is 0 Å². The third kappa shape index (κ3) is 3.37. The highest BCUT2D eigenvalue weighted by Gasteiger charge is 2.51. The topological polar surface area (TPSA) is 75.6 Å². The summed E-state index contributed by atoms with van der Waals surface area (Å²) >= 11 is -1.29. The maximum Gasteiger partial charge on any atom is 0.407 e. The second kappa shape index (κ2) is 6.45. The molecule has 7 heteroatoms. The molecule has 2 N–H and O–H groups in total. The first kappa shape index (κ1) is 18.5. The van der Waals surface area contributed by atoms with Crippen LogP contribution in [0.5, 0.6) is 0 Å². The zero-order chi connectivity index (χ0) is 18.4. The normalized spacial score (nSPS) is 23.6. The van der Waals surface area contributed by atoms with E-state index in [1.54, 1.807) is 6.07 Å². The molecule has 1 aromatic carbocycles. The highest BCUT2D eigenvalue weighted by molar-refractivity contribution is 7.90. The number of carboxylic acid groups (broad SMARTS) is 1. The number of amides is 1. The fourth-order valence-electron chi connectivity index (χ4n) is 3.90. The number of fused-ring (bicyclic) bond motifs is 1. The summed E-state index contributed by atoms with van der Waals surface area (Å²) in [7, 11) is 0. The number of piperidine rings is 1. The predicted octanol–water partition coefficient (Wildman–Crippen LogP) is 3.23. The second-order valence-corrected chi connectivity index (χ2v) is 10.0. The Hall–Kier alpha value is -1.31. The van der Waals surface area contributed by atoms with E-state index in [0.29, 0.717) is 37.9 Å². The summed E-state index contributed by atoms with van der Waals surface area (Å²) in [5, 5.41) is 9.21. The Morgan fingerprint density at radius 3 is 2.60 bits per heavy atom. The van der Waals surface area contributed by atoms with E-state index < -0.39 is 22.2 Å². The van der Waals surface area contributed by atoms with E-state index in [0.717, 1.165) is 5.56 Å². The molecule has 1 aromatic rings. The van der Waals surface area contributed by atoms with Gasteiger partial charge in [0.25, 0.3) is 0 Å². The molecule has 1 saturated heterocycles. The van der Waals surface area contributed by atoms with Gasteiger partial charge in [0.1, 0.15) is 10.6 Å². The van der Waals surface area contributed by atoms with Crippen molar-refractivity contribution in [1.29, 1.82) is 0 Å². The molecule has 0 bridgehead atoms. The first-order valence-corrected chi connectivity index (χ1v) is 9.72. The van der Waals surface area contributed by atoms with Crippen LogP contribution in [0.1, 0.15) is 50.8 Å². The zero-order valence-corrected chi connectivity index (χ0v) is 15.7. The monoisotopic (exact) mass is 368 g/mol. The lowest BCUT2D eigenvalue weighted by atomic mass is 9.73. The molecular weight excluding hydrogens is 343 g/mol. The second-order valence-electron chi connectivity index (χ2n) is 8.05. The number of hydrogen-bond donors (Lipinski definition) is 2. The van der Waals surface area contributed by atoms with Gasteiger partial charge in [0.15, 0.2) is 0 Å². The summed E-state index contributed by atoms with van der Waals surface area (Å²) in [5.74, 6) is -0.233. The molecular formula is C18H25FN2O3S. The van der Waals surface area contributed by atoms with E-state index in [1.807, 2.05) is 26.8 Å². The Morgan fingerprint density at radius 1 is 1.40 bits per heavy atom. The standard InChI is InChI=1S/C18H25FN2O3S/c1-17(2,3)25(24)20-15-12-5-4-6-14(19)13(12)11-18(15)7-9-21(10-8-18)16(22)23/h4-6,15,20H,7-11H2,1-3H3,(H,22,23)/t15-,25-/m0/s1. The van der Waals surface area contributed by atoms with Crippen LogP contribution in [0.25, 0.3) is 0 Å². The minimum atomic E-state index is -1.29. The summed E-state index contributed by atoms with van der Waals surface area (Å²) < 4.78 is 29.9. The average molecular weight is 368 g/mol. The maximum atomic E-state index is 14.4. The van der Waals surface area contributed by atoms with E-state index in [9.17, 15) is 18.8 Å². The molecule has 2 atom stereocenters. The van der Waals surface area contributed by atoms with Crippen LogP contribution in [-0.4, -0.2) is 38.5 Å². The summed E-state index contributed by atoms with van der Waals surface area (Å²) in [4.78, 5) is 12.6. The van der Waals surface area contributed by atoms with E-state index in [-0.39, 0.29) is 17.3 Å². The Kier molecular flexibility index (Phi) is 4.77. The predicted molar refractivity (Wildman–Crippen MR) is 95.1 cm³/mol. The van der Waals surface area contributed by atoms with Crippen LogP contribution in [-0.2, 0) is 17.8 Å². The van der Waals surface area contributed by atoms with Crippen molar-refractivity contribution >= 4 is 17.5 Å². The molecule has 1 spiro atoms. The largest absolute Gasteiger partial charge is 0.598 e. The molecule has 0 saturated carbocycles. The molecule has 1 aliphatic heterocycles. The molecule has 0 aromatic heterocycles. The van der Waals surface area contributed by atoms with Crippen molar-refractivity contribution in [1.82, 2.24) is 9.62 Å².